The fourth-order valence-electron chi connectivity index (χ4n) is 2.64. The minimum absolute atomic E-state index is 0.0120. The molecule has 2 rings (SSSR count). The van der Waals surface area contributed by atoms with Crippen LogP contribution < -0.4 is 5.32 Å². The third-order valence-electron chi connectivity index (χ3n) is 4.05. The maximum Gasteiger partial charge on any atom is 0.410 e. The first-order valence-electron chi connectivity index (χ1n) is 9.06. The van der Waals surface area contributed by atoms with E-state index in [2.05, 4.69) is 5.32 Å². The average molecular weight is 397 g/mol. The second kappa shape index (κ2) is 8.99. The highest BCUT2D eigenvalue weighted by Gasteiger charge is 2.27. The molecule has 154 valence electrons. The van der Waals surface area contributed by atoms with Gasteiger partial charge in [0.05, 0.1) is 0 Å². The van der Waals surface area contributed by atoms with Crippen LogP contribution in [0.3, 0.4) is 0 Å². The molecule has 0 spiro atoms. The van der Waals surface area contributed by atoms with Crippen molar-refractivity contribution in [3.05, 3.63) is 29.8 Å². The van der Waals surface area contributed by atoms with Crippen molar-refractivity contribution in [2.75, 3.05) is 31.5 Å². The Kier molecular flexibility index (Phi) is 6.93. The summed E-state index contributed by atoms with van der Waals surface area (Å²) in [5.74, 6) is -2.73. The predicted octanol–water partition coefficient (Wildman–Crippen LogP) is 2.76. The molecule has 0 saturated carbocycles. The first kappa shape index (κ1) is 21.6. The number of hydrogen-bond donors (Lipinski definition) is 1. The van der Waals surface area contributed by atoms with Gasteiger partial charge in [0.2, 0.25) is 11.8 Å². The number of benzene rings is 1. The molecule has 9 heteroatoms. The molecule has 1 aromatic carbocycles. The Morgan fingerprint density at radius 2 is 1.61 bits per heavy atom. The number of amides is 3. The van der Waals surface area contributed by atoms with Crippen LogP contribution in [0.25, 0.3) is 0 Å². The van der Waals surface area contributed by atoms with E-state index >= 15 is 0 Å². The van der Waals surface area contributed by atoms with Crippen molar-refractivity contribution in [1.82, 2.24) is 9.80 Å². The van der Waals surface area contributed by atoms with Gasteiger partial charge in [-0.2, -0.15) is 0 Å². The Bertz CT molecular complexity index is 741. The molecular weight excluding hydrogens is 372 g/mol. The Labute approximate surface area is 162 Å². The first-order chi connectivity index (χ1) is 13.0. The van der Waals surface area contributed by atoms with Gasteiger partial charge in [-0.3, -0.25) is 9.59 Å². The largest absolute Gasteiger partial charge is 0.444 e. The molecule has 0 radical (unpaired) electrons. The number of rotatable bonds is 4. The second-order valence-corrected chi connectivity index (χ2v) is 7.53. The number of nitrogens with one attached hydrogen (secondary N) is 1. The van der Waals surface area contributed by atoms with Crippen LogP contribution in [-0.4, -0.2) is 59.5 Å². The number of anilines is 1. The number of carbonyl (C=O) groups is 3. The number of halogens is 2. The minimum Gasteiger partial charge on any atom is -0.444 e. The molecule has 1 aliphatic rings. The maximum absolute atomic E-state index is 13.1. The van der Waals surface area contributed by atoms with E-state index in [1.807, 2.05) is 0 Å². The zero-order chi connectivity index (χ0) is 20.9. The third-order valence-corrected chi connectivity index (χ3v) is 4.05. The fourth-order valence-corrected chi connectivity index (χ4v) is 2.64. The Hall–Kier alpha value is -2.71. The summed E-state index contributed by atoms with van der Waals surface area (Å²) in [4.78, 5) is 39.3. The molecule has 1 fully saturated rings. The lowest BCUT2D eigenvalue weighted by atomic mass is 10.2. The summed E-state index contributed by atoms with van der Waals surface area (Å²) in [6.07, 6.45) is -0.503. The SMILES string of the molecule is CC(C)(C)OC(=O)N1CCN(C(=O)CCC(=O)Nc2ccc(F)c(F)c2)CC1. The van der Waals surface area contributed by atoms with Crippen LogP contribution >= 0.6 is 0 Å². The van der Waals surface area contributed by atoms with Gasteiger partial charge in [0.15, 0.2) is 11.6 Å². The summed E-state index contributed by atoms with van der Waals surface area (Å²) in [6, 6.07) is 3.04. The molecule has 0 aliphatic carbocycles. The van der Waals surface area contributed by atoms with Crippen LogP contribution in [0.5, 0.6) is 0 Å². The smallest absolute Gasteiger partial charge is 0.410 e. The summed E-state index contributed by atoms with van der Waals surface area (Å²) in [5.41, 5.74) is -0.451. The predicted molar refractivity (Wildman–Crippen MR) is 98.6 cm³/mol. The summed E-state index contributed by atoms with van der Waals surface area (Å²) in [6.45, 7) is 6.82. The zero-order valence-electron chi connectivity index (χ0n) is 16.3. The van der Waals surface area contributed by atoms with Crippen molar-refractivity contribution in [2.45, 2.75) is 39.2 Å². The van der Waals surface area contributed by atoms with Crippen molar-refractivity contribution in [3.63, 3.8) is 0 Å². The monoisotopic (exact) mass is 397 g/mol. The summed E-state index contributed by atoms with van der Waals surface area (Å²) in [5, 5.41) is 2.43. The summed E-state index contributed by atoms with van der Waals surface area (Å²) in [7, 11) is 0. The standard InChI is InChI=1S/C19H25F2N3O4/c1-19(2,3)28-18(27)24-10-8-23(9-11-24)17(26)7-6-16(25)22-13-4-5-14(20)15(21)12-13/h4-5,12H,6-11H2,1-3H3,(H,22,25). The van der Waals surface area contributed by atoms with E-state index in [4.69, 9.17) is 4.74 Å². The quantitative estimate of drug-likeness (QED) is 0.847. The molecule has 0 aromatic heterocycles. The van der Waals surface area contributed by atoms with Gasteiger partial charge in [0.25, 0.3) is 0 Å². The highest BCUT2D eigenvalue weighted by Crippen LogP contribution is 2.15. The van der Waals surface area contributed by atoms with E-state index in [1.54, 1.807) is 30.6 Å². The molecule has 28 heavy (non-hydrogen) atoms. The maximum atomic E-state index is 13.1. The molecule has 1 heterocycles. The summed E-state index contributed by atoms with van der Waals surface area (Å²) < 4.78 is 31.3. The molecule has 1 saturated heterocycles. The Morgan fingerprint density at radius 1 is 1.00 bits per heavy atom. The lowest BCUT2D eigenvalue weighted by molar-refractivity contribution is -0.134. The van der Waals surface area contributed by atoms with Crippen molar-refractivity contribution < 1.29 is 27.9 Å². The van der Waals surface area contributed by atoms with Gasteiger partial charge in [0.1, 0.15) is 5.60 Å². The lowest BCUT2D eigenvalue weighted by Gasteiger charge is -2.35. The van der Waals surface area contributed by atoms with E-state index in [9.17, 15) is 23.2 Å². The van der Waals surface area contributed by atoms with E-state index in [1.165, 1.54) is 6.07 Å². The Morgan fingerprint density at radius 3 is 2.18 bits per heavy atom. The molecule has 1 aromatic rings. The Balaban J connectivity index is 1.74. The van der Waals surface area contributed by atoms with Crippen molar-refractivity contribution >= 4 is 23.6 Å². The zero-order valence-corrected chi connectivity index (χ0v) is 16.3. The van der Waals surface area contributed by atoms with Crippen LogP contribution in [-0.2, 0) is 14.3 Å². The number of ether oxygens (including phenoxy) is 1. The molecule has 0 bridgehead atoms. The van der Waals surface area contributed by atoms with Gasteiger partial charge in [-0.05, 0) is 32.9 Å². The van der Waals surface area contributed by atoms with Gasteiger partial charge >= 0.3 is 6.09 Å². The van der Waals surface area contributed by atoms with Crippen molar-refractivity contribution in [3.8, 4) is 0 Å². The van der Waals surface area contributed by atoms with Gasteiger partial charge in [-0.25, -0.2) is 13.6 Å². The topological polar surface area (TPSA) is 79.0 Å². The van der Waals surface area contributed by atoms with Crippen molar-refractivity contribution in [1.29, 1.82) is 0 Å². The van der Waals surface area contributed by atoms with E-state index in [0.29, 0.717) is 26.2 Å². The van der Waals surface area contributed by atoms with Crippen LogP contribution in [0.2, 0.25) is 0 Å². The molecule has 0 unspecified atom stereocenters. The van der Waals surface area contributed by atoms with E-state index < -0.39 is 29.2 Å². The van der Waals surface area contributed by atoms with Gasteiger partial charge in [-0.15, -0.1) is 0 Å². The molecule has 7 nitrogen and oxygen atoms in total. The van der Waals surface area contributed by atoms with E-state index in [0.717, 1.165) is 12.1 Å². The fraction of sp³-hybridized carbons (Fsp3) is 0.526. The van der Waals surface area contributed by atoms with Crippen LogP contribution in [0.15, 0.2) is 18.2 Å². The summed E-state index contributed by atoms with van der Waals surface area (Å²) >= 11 is 0. The van der Waals surface area contributed by atoms with Gasteiger partial charge in [-0.1, -0.05) is 0 Å². The van der Waals surface area contributed by atoms with Crippen LogP contribution in [0, 0.1) is 11.6 Å². The number of hydrogen-bond acceptors (Lipinski definition) is 4. The number of piperazine rings is 1. The molecule has 3 amide bonds. The van der Waals surface area contributed by atoms with Crippen LogP contribution in [0.1, 0.15) is 33.6 Å². The molecule has 1 aliphatic heterocycles. The highest BCUT2D eigenvalue weighted by molar-refractivity contribution is 5.93. The number of nitrogens with zero attached hydrogens (tertiary/aromatic N) is 2. The molecule has 1 N–H and O–H groups in total. The molecule has 0 atom stereocenters. The van der Waals surface area contributed by atoms with Crippen LogP contribution in [0.4, 0.5) is 19.3 Å². The minimum atomic E-state index is -1.06. The lowest BCUT2D eigenvalue weighted by Crippen LogP contribution is -2.51. The molecular formula is C19H25F2N3O4. The van der Waals surface area contributed by atoms with Gasteiger partial charge < -0.3 is 19.9 Å². The number of carbonyl (C=O) groups excluding carboxylic acids is 3. The van der Waals surface area contributed by atoms with E-state index in [-0.39, 0.29) is 24.4 Å². The second-order valence-electron chi connectivity index (χ2n) is 7.53. The normalized spacial score (nSPS) is 14.6. The van der Waals surface area contributed by atoms with Gasteiger partial charge in [0, 0.05) is 50.8 Å². The highest BCUT2D eigenvalue weighted by atomic mass is 19.2. The van der Waals surface area contributed by atoms with Crippen molar-refractivity contribution in [2.24, 2.45) is 0 Å². The first-order valence-corrected chi connectivity index (χ1v) is 9.06. The average Bonchev–Trinajstić information content (AvgIpc) is 2.61. The third kappa shape index (κ3) is 6.47.